The van der Waals surface area contributed by atoms with Crippen LogP contribution in [0.25, 0.3) is 5.70 Å². The fraction of sp³-hybridized carbons (Fsp3) is 0.143. The van der Waals surface area contributed by atoms with Crippen LogP contribution in [-0.2, 0) is 9.53 Å². The number of nitrogens with zero attached hydrogens (tertiary/aromatic N) is 2. The Morgan fingerprint density at radius 2 is 2.11 bits per heavy atom. The highest BCUT2D eigenvalue weighted by atomic mass is 16.5. The predicted octanol–water partition coefficient (Wildman–Crippen LogP) is 2.03. The van der Waals surface area contributed by atoms with E-state index in [1.807, 2.05) is 53.4 Å². The highest BCUT2D eigenvalue weighted by molar-refractivity contribution is 6.14. The molecule has 90 valence electrons. The Labute approximate surface area is 105 Å². The number of allylic oxidation sites excluding steroid dienone is 5. The Morgan fingerprint density at radius 1 is 1.33 bits per heavy atom. The standard InChI is InChI=1S/C14H12N2O2/c1-18-14(17)12-13(16-8-4-5-9-16)10-6-2-3-7-11(10)15-12/h2-10H,1H3/t10-/m1/s1. The van der Waals surface area contributed by atoms with Crippen molar-refractivity contribution < 1.29 is 9.53 Å². The normalized spacial score (nSPS) is 20.9. The molecule has 1 aliphatic carbocycles. The van der Waals surface area contributed by atoms with Crippen LogP contribution in [0.4, 0.5) is 0 Å². The molecule has 0 unspecified atom stereocenters. The topological polar surface area (TPSA) is 43.6 Å². The quantitative estimate of drug-likeness (QED) is 0.742. The van der Waals surface area contributed by atoms with Crippen molar-refractivity contribution in [2.24, 2.45) is 10.9 Å². The van der Waals surface area contributed by atoms with Gasteiger partial charge < -0.3 is 9.30 Å². The number of aromatic nitrogens is 1. The van der Waals surface area contributed by atoms with Gasteiger partial charge in [-0.2, -0.15) is 0 Å². The molecule has 1 aromatic heterocycles. The summed E-state index contributed by atoms with van der Waals surface area (Å²) in [6.45, 7) is 0. The monoisotopic (exact) mass is 240 g/mol. The van der Waals surface area contributed by atoms with Crippen LogP contribution in [0.2, 0.25) is 0 Å². The molecule has 4 heteroatoms. The molecule has 0 amide bonds. The zero-order chi connectivity index (χ0) is 12.5. The first-order valence-corrected chi connectivity index (χ1v) is 5.70. The van der Waals surface area contributed by atoms with Gasteiger partial charge >= 0.3 is 5.97 Å². The molecule has 0 N–H and O–H groups in total. The van der Waals surface area contributed by atoms with E-state index in [1.165, 1.54) is 7.11 Å². The van der Waals surface area contributed by atoms with E-state index in [-0.39, 0.29) is 5.92 Å². The maximum atomic E-state index is 11.8. The summed E-state index contributed by atoms with van der Waals surface area (Å²) in [6.07, 6.45) is 11.6. The molecule has 0 spiro atoms. The van der Waals surface area contributed by atoms with Crippen molar-refractivity contribution in [2.75, 3.05) is 7.11 Å². The van der Waals surface area contributed by atoms with Gasteiger partial charge in [-0.3, -0.25) is 0 Å². The number of aliphatic imine (C=N–C) groups is 1. The molecule has 18 heavy (non-hydrogen) atoms. The van der Waals surface area contributed by atoms with Crippen molar-refractivity contribution in [1.29, 1.82) is 0 Å². The highest BCUT2D eigenvalue weighted by Crippen LogP contribution is 2.33. The number of fused-ring (bicyclic) bond motifs is 1. The summed E-state index contributed by atoms with van der Waals surface area (Å²) in [5.74, 6) is -0.376. The SMILES string of the molecule is COC(=O)C1=C(n2cccc2)[C@@H]2C=CC=CC2=N1. The Kier molecular flexibility index (Phi) is 2.48. The molecule has 0 saturated carbocycles. The van der Waals surface area contributed by atoms with E-state index >= 15 is 0 Å². The summed E-state index contributed by atoms with van der Waals surface area (Å²) in [6, 6.07) is 3.84. The van der Waals surface area contributed by atoms with Crippen molar-refractivity contribution in [3.8, 4) is 0 Å². The third kappa shape index (κ3) is 1.54. The van der Waals surface area contributed by atoms with Crippen molar-refractivity contribution in [3.05, 3.63) is 54.5 Å². The van der Waals surface area contributed by atoms with E-state index in [2.05, 4.69) is 4.99 Å². The third-order valence-corrected chi connectivity index (χ3v) is 3.04. The number of ether oxygens (including phenoxy) is 1. The summed E-state index contributed by atoms with van der Waals surface area (Å²) in [5.41, 5.74) is 2.11. The lowest BCUT2D eigenvalue weighted by Gasteiger charge is -2.15. The number of rotatable bonds is 2. The lowest BCUT2D eigenvalue weighted by atomic mass is 9.96. The Hall–Kier alpha value is -2.36. The maximum absolute atomic E-state index is 11.8. The lowest BCUT2D eigenvalue weighted by Crippen LogP contribution is -2.14. The van der Waals surface area contributed by atoms with Gasteiger partial charge in [0.25, 0.3) is 0 Å². The molecule has 1 atom stereocenters. The van der Waals surface area contributed by atoms with Gasteiger partial charge in [-0.15, -0.1) is 0 Å². The van der Waals surface area contributed by atoms with Crippen LogP contribution in [0.5, 0.6) is 0 Å². The number of esters is 1. The fourth-order valence-corrected chi connectivity index (χ4v) is 2.23. The average Bonchev–Trinajstić information content (AvgIpc) is 3.03. The van der Waals surface area contributed by atoms with E-state index in [1.54, 1.807) is 0 Å². The molecule has 0 bridgehead atoms. The van der Waals surface area contributed by atoms with E-state index in [0.29, 0.717) is 5.70 Å². The summed E-state index contributed by atoms with van der Waals surface area (Å²) >= 11 is 0. The van der Waals surface area contributed by atoms with Crippen LogP contribution in [0.3, 0.4) is 0 Å². The molecule has 3 rings (SSSR count). The molecule has 0 radical (unpaired) electrons. The number of hydrogen-bond donors (Lipinski definition) is 0. The summed E-state index contributed by atoms with van der Waals surface area (Å²) in [7, 11) is 1.37. The molecule has 4 nitrogen and oxygen atoms in total. The first kappa shape index (κ1) is 10.8. The highest BCUT2D eigenvalue weighted by Gasteiger charge is 2.32. The largest absolute Gasteiger partial charge is 0.464 e. The Bertz CT molecular complexity index is 604. The van der Waals surface area contributed by atoms with Crippen molar-refractivity contribution in [1.82, 2.24) is 4.57 Å². The second-order valence-corrected chi connectivity index (χ2v) is 4.07. The van der Waals surface area contributed by atoms with Gasteiger partial charge in [0.2, 0.25) is 0 Å². The van der Waals surface area contributed by atoms with Gasteiger partial charge in [0.1, 0.15) is 0 Å². The van der Waals surface area contributed by atoms with Crippen LogP contribution in [-0.4, -0.2) is 23.4 Å². The molecule has 1 aliphatic heterocycles. The van der Waals surface area contributed by atoms with Crippen molar-refractivity contribution in [3.63, 3.8) is 0 Å². The second-order valence-electron chi connectivity index (χ2n) is 4.07. The first-order valence-electron chi connectivity index (χ1n) is 5.70. The van der Waals surface area contributed by atoms with Gasteiger partial charge in [-0.1, -0.05) is 18.2 Å². The molecule has 0 saturated heterocycles. The van der Waals surface area contributed by atoms with Crippen LogP contribution >= 0.6 is 0 Å². The van der Waals surface area contributed by atoms with Crippen molar-refractivity contribution >= 4 is 17.4 Å². The molecule has 0 aromatic carbocycles. The molecular formula is C14H12N2O2. The zero-order valence-electron chi connectivity index (χ0n) is 9.91. The summed E-state index contributed by atoms with van der Waals surface area (Å²) < 4.78 is 6.72. The van der Waals surface area contributed by atoms with E-state index in [0.717, 1.165) is 11.4 Å². The maximum Gasteiger partial charge on any atom is 0.358 e. The van der Waals surface area contributed by atoms with Crippen LogP contribution in [0.1, 0.15) is 0 Å². The number of carbonyl (C=O) groups is 1. The van der Waals surface area contributed by atoms with Crippen LogP contribution in [0, 0.1) is 5.92 Å². The molecule has 2 heterocycles. The second kappa shape index (κ2) is 4.14. The van der Waals surface area contributed by atoms with Gasteiger partial charge in [0.05, 0.1) is 24.4 Å². The minimum atomic E-state index is -0.401. The Balaban J connectivity index is 2.14. The molecular weight excluding hydrogens is 228 g/mol. The van der Waals surface area contributed by atoms with Crippen LogP contribution < -0.4 is 0 Å². The fourth-order valence-electron chi connectivity index (χ4n) is 2.23. The minimum Gasteiger partial charge on any atom is -0.464 e. The number of hydrogen-bond acceptors (Lipinski definition) is 3. The van der Waals surface area contributed by atoms with Gasteiger partial charge in [-0.05, 0) is 18.2 Å². The predicted molar refractivity (Wildman–Crippen MR) is 68.9 cm³/mol. The number of methoxy groups -OCH3 is 1. The molecule has 0 fully saturated rings. The van der Waals surface area contributed by atoms with Gasteiger partial charge in [0, 0.05) is 12.4 Å². The van der Waals surface area contributed by atoms with Gasteiger partial charge in [0.15, 0.2) is 5.70 Å². The van der Waals surface area contributed by atoms with E-state index < -0.39 is 5.97 Å². The zero-order valence-corrected chi connectivity index (χ0v) is 9.91. The van der Waals surface area contributed by atoms with Gasteiger partial charge in [-0.25, -0.2) is 9.79 Å². The average molecular weight is 240 g/mol. The molecule has 2 aliphatic rings. The van der Waals surface area contributed by atoms with Crippen molar-refractivity contribution in [2.45, 2.75) is 0 Å². The first-order chi connectivity index (χ1) is 8.81. The smallest absolute Gasteiger partial charge is 0.358 e. The number of carbonyl (C=O) groups excluding carboxylic acids is 1. The van der Waals surface area contributed by atoms with E-state index in [4.69, 9.17) is 4.74 Å². The third-order valence-electron chi connectivity index (χ3n) is 3.04. The summed E-state index contributed by atoms with van der Waals surface area (Å²) in [5, 5.41) is 0. The summed E-state index contributed by atoms with van der Waals surface area (Å²) in [4.78, 5) is 16.2. The lowest BCUT2D eigenvalue weighted by molar-refractivity contribution is -0.136. The van der Waals surface area contributed by atoms with E-state index in [9.17, 15) is 4.79 Å². The van der Waals surface area contributed by atoms with Crippen LogP contribution in [0.15, 0.2) is 59.5 Å². The Morgan fingerprint density at radius 3 is 2.83 bits per heavy atom. The molecule has 1 aromatic rings. The minimum absolute atomic E-state index is 0.0245.